The quantitative estimate of drug-likeness (QED) is 0.833. The third kappa shape index (κ3) is 4.17. The maximum atomic E-state index is 11.0. The number of rotatable bonds is 6. The molecule has 0 heterocycles. The van der Waals surface area contributed by atoms with Gasteiger partial charge < -0.3 is 15.2 Å². The van der Waals surface area contributed by atoms with E-state index in [4.69, 9.17) is 26.8 Å². The number of ether oxygens (including phenoxy) is 2. The Morgan fingerprint density at radius 3 is 2.20 bits per heavy atom. The summed E-state index contributed by atoms with van der Waals surface area (Å²) < 4.78 is 11.0. The fourth-order valence-electron chi connectivity index (χ4n) is 1.61. The van der Waals surface area contributed by atoms with Crippen LogP contribution in [0.25, 0.3) is 0 Å². The molecule has 2 rings (SSSR count). The van der Waals surface area contributed by atoms with E-state index >= 15 is 0 Å². The summed E-state index contributed by atoms with van der Waals surface area (Å²) in [5.41, 5.74) is 5.61. The molecule has 0 fully saturated rings. The number of nitrogens with two attached hydrogens (primary N) is 1. The lowest BCUT2D eigenvalue weighted by Gasteiger charge is -2.09. The summed E-state index contributed by atoms with van der Waals surface area (Å²) in [5.74, 6) is 0.786. The summed E-state index contributed by atoms with van der Waals surface area (Å²) in [6.07, 6.45) is 0. The smallest absolute Gasteiger partial charge is 0.248 e. The van der Waals surface area contributed by atoms with E-state index < -0.39 is 5.91 Å². The molecular weight excluding hydrogens is 278 g/mol. The fraction of sp³-hybridized carbons (Fsp3) is 0.133. The first-order chi connectivity index (χ1) is 9.65. The molecule has 0 aliphatic carbocycles. The van der Waals surface area contributed by atoms with E-state index in [1.165, 1.54) is 0 Å². The summed E-state index contributed by atoms with van der Waals surface area (Å²) >= 11 is 5.85. The first kappa shape index (κ1) is 14.2. The van der Waals surface area contributed by atoms with Crippen molar-refractivity contribution in [1.29, 1.82) is 0 Å². The van der Waals surface area contributed by atoms with Crippen LogP contribution in [-0.4, -0.2) is 19.1 Å². The summed E-state index contributed by atoms with van der Waals surface area (Å²) in [7, 11) is 0. The number of hydrogen-bond donors (Lipinski definition) is 1. The molecule has 0 aliphatic rings. The lowest BCUT2D eigenvalue weighted by atomic mass is 10.2. The minimum absolute atomic E-state index is 0.356. The lowest BCUT2D eigenvalue weighted by molar-refractivity contribution is 0.1000. The molecule has 0 atom stereocenters. The second kappa shape index (κ2) is 6.82. The van der Waals surface area contributed by atoms with Crippen molar-refractivity contribution in [3.63, 3.8) is 0 Å². The van der Waals surface area contributed by atoms with E-state index in [9.17, 15) is 4.79 Å². The SMILES string of the molecule is NC(=O)c1cccc(OCCOc2cccc(Cl)c2)c1. The van der Waals surface area contributed by atoms with E-state index in [2.05, 4.69) is 0 Å². The number of carbonyl (C=O) groups excluding carboxylic acids is 1. The molecule has 2 aromatic rings. The van der Waals surface area contributed by atoms with Gasteiger partial charge in [0, 0.05) is 10.6 Å². The van der Waals surface area contributed by atoms with Gasteiger partial charge in [-0.2, -0.15) is 0 Å². The van der Waals surface area contributed by atoms with Crippen LogP contribution in [-0.2, 0) is 0 Å². The summed E-state index contributed by atoms with van der Waals surface area (Å²) in [4.78, 5) is 11.0. The number of hydrogen-bond acceptors (Lipinski definition) is 3. The van der Waals surface area contributed by atoms with Crippen molar-refractivity contribution in [1.82, 2.24) is 0 Å². The van der Waals surface area contributed by atoms with Crippen molar-refractivity contribution in [2.75, 3.05) is 13.2 Å². The normalized spacial score (nSPS) is 10.1. The van der Waals surface area contributed by atoms with Gasteiger partial charge in [0.25, 0.3) is 0 Å². The summed E-state index contributed by atoms with van der Waals surface area (Å²) in [6.45, 7) is 0.732. The topological polar surface area (TPSA) is 61.6 Å². The average molecular weight is 292 g/mol. The van der Waals surface area contributed by atoms with Crippen LogP contribution in [0, 0.1) is 0 Å². The zero-order valence-electron chi connectivity index (χ0n) is 10.7. The Morgan fingerprint density at radius 1 is 1.00 bits per heavy atom. The van der Waals surface area contributed by atoms with Crippen LogP contribution in [0.1, 0.15) is 10.4 Å². The molecule has 4 nitrogen and oxygen atoms in total. The molecule has 1 amide bonds. The maximum absolute atomic E-state index is 11.0. The van der Waals surface area contributed by atoms with Crippen molar-refractivity contribution >= 4 is 17.5 Å². The average Bonchev–Trinajstić information content (AvgIpc) is 2.44. The summed E-state index contributed by atoms with van der Waals surface area (Å²) in [5, 5.41) is 0.623. The second-order valence-electron chi connectivity index (χ2n) is 4.05. The predicted molar refractivity (Wildman–Crippen MR) is 77.4 cm³/mol. The monoisotopic (exact) mass is 291 g/mol. The molecule has 0 aliphatic heterocycles. The Kier molecular flexibility index (Phi) is 4.85. The Bertz CT molecular complexity index is 601. The second-order valence-corrected chi connectivity index (χ2v) is 4.48. The maximum Gasteiger partial charge on any atom is 0.248 e. The van der Waals surface area contributed by atoms with E-state index in [0.717, 1.165) is 0 Å². The number of halogens is 1. The largest absolute Gasteiger partial charge is 0.490 e. The molecule has 20 heavy (non-hydrogen) atoms. The van der Waals surface area contributed by atoms with Gasteiger partial charge in [-0.3, -0.25) is 4.79 Å². The molecule has 0 saturated carbocycles. The number of carbonyl (C=O) groups is 1. The van der Waals surface area contributed by atoms with Crippen molar-refractivity contribution in [3.05, 3.63) is 59.1 Å². The molecule has 2 aromatic carbocycles. The zero-order chi connectivity index (χ0) is 14.4. The molecular formula is C15H14ClNO3. The van der Waals surface area contributed by atoms with Crippen molar-refractivity contribution in [2.45, 2.75) is 0 Å². The minimum atomic E-state index is -0.481. The van der Waals surface area contributed by atoms with Gasteiger partial charge in [0.2, 0.25) is 5.91 Å². The summed E-state index contributed by atoms with van der Waals surface area (Å²) in [6, 6.07) is 13.8. The Labute approximate surface area is 122 Å². The highest BCUT2D eigenvalue weighted by molar-refractivity contribution is 6.30. The Hall–Kier alpha value is -2.20. The van der Waals surface area contributed by atoms with Gasteiger partial charge in [-0.1, -0.05) is 23.7 Å². The molecule has 0 saturated heterocycles. The van der Waals surface area contributed by atoms with Crippen LogP contribution in [0.3, 0.4) is 0 Å². The molecule has 104 valence electrons. The van der Waals surface area contributed by atoms with Crippen molar-refractivity contribution in [3.8, 4) is 11.5 Å². The van der Waals surface area contributed by atoms with Gasteiger partial charge in [0.15, 0.2) is 0 Å². The van der Waals surface area contributed by atoms with Gasteiger partial charge in [-0.05, 0) is 36.4 Å². The van der Waals surface area contributed by atoms with Gasteiger partial charge in [0.05, 0.1) is 0 Å². The third-order valence-electron chi connectivity index (χ3n) is 2.54. The highest BCUT2D eigenvalue weighted by atomic mass is 35.5. The number of amides is 1. The van der Waals surface area contributed by atoms with E-state index in [1.807, 2.05) is 12.1 Å². The van der Waals surface area contributed by atoms with Gasteiger partial charge in [0.1, 0.15) is 24.7 Å². The van der Waals surface area contributed by atoms with Gasteiger partial charge in [-0.25, -0.2) is 0 Å². The molecule has 0 spiro atoms. The zero-order valence-corrected chi connectivity index (χ0v) is 11.5. The molecule has 5 heteroatoms. The molecule has 0 bridgehead atoms. The molecule has 0 radical (unpaired) electrons. The fourth-order valence-corrected chi connectivity index (χ4v) is 1.80. The number of benzene rings is 2. The number of primary amides is 1. The van der Waals surface area contributed by atoms with Crippen LogP contribution < -0.4 is 15.2 Å². The Morgan fingerprint density at radius 2 is 1.60 bits per heavy atom. The van der Waals surface area contributed by atoms with E-state index in [1.54, 1.807) is 36.4 Å². The van der Waals surface area contributed by atoms with Crippen LogP contribution in [0.15, 0.2) is 48.5 Å². The van der Waals surface area contributed by atoms with Gasteiger partial charge in [-0.15, -0.1) is 0 Å². The van der Waals surface area contributed by atoms with Crippen LogP contribution in [0.5, 0.6) is 11.5 Å². The van der Waals surface area contributed by atoms with Crippen molar-refractivity contribution in [2.24, 2.45) is 5.73 Å². The van der Waals surface area contributed by atoms with Crippen LogP contribution in [0.2, 0.25) is 5.02 Å². The highest BCUT2D eigenvalue weighted by Crippen LogP contribution is 2.17. The molecule has 0 unspecified atom stereocenters. The van der Waals surface area contributed by atoms with Crippen LogP contribution in [0.4, 0.5) is 0 Å². The third-order valence-corrected chi connectivity index (χ3v) is 2.77. The van der Waals surface area contributed by atoms with E-state index in [0.29, 0.717) is 35.3 Å². The van der Waals surface area contributed by atoms with E-state index in [-0.39, 0.29) is 0 Å². The minimum Gasteiger partial charge on any atom is -0.490 e. The molecule has 0 aromatic heterocycles. The van der Waals surface area contributed by atoms with Gasteiger partial charge >= 0.3 is 0 Å². The first-order valence-corrected chi connectivity index (χ1v) is 6.44. The Balaban J connectivity index is 1.81. The highest BCUT2D eigenvalue weighted by Gasteiger charge is 2.02. The first-order valence-electron chi connectivity index (χ1n) is 6.06. The van der Waals surface area contributed by atoms with Crippen molar-refractivity contribution < 1.29 is 14.3 Å². The standard InChI is InChI=1S/C15H14ClNO3/c16-12-4-2-6-14(10-12)20-8-7-19-13-5-1-3-11(9-13)15(17)18/h1-6,9-10H,7-8H2,(H2,17,18). The predicted octanol–water partition coefficient (Wildman–Crippen LogP) is 2.90. The lowest BCUT2D eigenvalue weighted by Crippen LogP contribution is -2.12. The molecule has 2 N–H and O–H groups in total. The van der Waals surface area contributed by atoms with Crippen LogP contribution >= 0.6 is 11.6 Å².